The quantitative estimate of drug-likeness (QED) is 0.578. The zero-order valence-corrected chi connectivity index (χ0v) is 12.2. The van der Waals surface area contributed by atoms with Crippen molar-refractivity contribution < 1.29 is 8.94 Å². The van der Waals surface area contributed by atoms with Gasteiger partial charge >= 0.3 is 0 Å². The minimum absolute atomic E-state index is 0.588. The van der Waals surface area contributed by atoms with Crippen molar-refractivity contribution in [1.82, 2.24) is 25.0 Å². The van der Waals surface area contributed by atoms with E-state index in [1.165, 1.54) is 11.3 Å². The molecule has 0 amide bonds. The zero-order valence-electron chi connectivity index (χ0n) is 11.4. The van der Waals surface area contributed by atoms with Crippen molar-refractivity contribution in [2.24, 2.45) is 0 Å². The van der Waals surface area contributed by atoms with Crippen LogP contribution >= 0.6 is 11.3 Å². The Labute approximate surface area is 123 Å². The number of aromatic nitrogens is 5. The molecule has 0 saturated heterocycles. The molecule has 0 bridgehead atoms. The third kappa shape index (κ3) is 1.79. The molecule has 0 aromatic carbocycles. The molecule has 106 valence electrons. The van der Waals surface area contributed by atoms with Gasteiger partial charge in [-0.3, -0.25) is 0 Å². The SMILES string of the molecule is CCc1noc(C)c1-c1nn2c(-c3ccco3)nnc2s1. The molecule has 0 N–H and O–H groups in total. The van der Waals surface area contributed by atoms with E-state index in [-0.39, 0.29) is 0 Å². The number of fused-ring (bicyclic) bond motifs is 1. The summed E-state index contributed by atoms with van der Waals surface area (Å²) in [6.07, 6.45) is 2.39. The molecule has 0 fully saturated rings. The van der Waals surface area contributed by atoms with Gasteiger partial charge in [0.25, 0.3) is 0 Å². The molecular weight excluding hydrogens is 290 g/mol. The lowest BCUT2D eigenvalue weighted by atomic mass is 10.2. The van der Waals surface area contributed by atoms with Crippen LogP contribution in [0.2, 0.25) is 0 Å². The Bertz CT molecular complexity index is 903. The first-order valence-electron chi connectivity index (χ1n) is 6.49. The van der Waals surface area contributed by atoms with E-state index in [0.29, 0.717) is 16.5 Å². The number of furan rings is 1. The van der Waals surface area contributed by atoms with Crippen molar-refractivity contribution in [3.05, 3.63) is 29.9 Å². The van der Waals surface area contributed by atoms with Crippen LogP contribution in [0.25, 0.3) is 27.1 Å². The predicted molar refractivity (Wildman–Crippen MR) is 76.0 cm³/mol. The summed E-state index contributed by atoms with van der Waals surface area (Å²) in [5.74, 6) is 1.98. The summed E-state index contributed by atoms with van der Waals surface area (Å²) in [6, 6.07) is 3.64. The molecule has 4 rings (SSSR count). The van der Waals surface area contributed by atoms with E-state index in [2.05, 4.69) is 20.5 Å². The van der Waals surface area contributed by atoms with Crippen LogP contribution in [0.15, 0.2) is 27.3 Å². The van der Waals surface area contributed by atoms with Gasteiger partial charge in [-0.15, -0.1) is 10.2 Å². The van der Waals surface area contributed by atoms with Gasteiger partial charge in [-0.05, 0) is 25.5 Å². The van der Waals surface area contributed by atoms with Crippen LogP contribution < -0.4 is 0 Å². The second kappa shape index (κ2) is 4.52. The highest BCUT2D eigenvalue weighted by Gasteiger charge is 2.21. The Morgan fingerprint density at radius 2 is 2.24 bits per heavy atom. The third-order valence-electron chi connectivity index (χ3n) is 3.21. The maximum absolute atomic E-state index is 5.37. The van der Waals surface area contributed by atoms with Crippen molar-refractivity contribution in [1.29, 1.82) is 0 Å². The molecule has 0 aliphatic heterocycles. The molecule has 0 aliphatic rings. The predicted octanol–water partition coefficient (Wildman–Crippen LogP) is 2.97. The third-order valence-corrected chi connectivity index (χ3v) is 4.13. The van der Waals surface area contributed by atoms with Crippen LogP contribution in [0.1, 0.15) is 18.4 Å². The lowest BCUT2D eigenvalue weighted by Gasteiger charge is -1.94. The molecule has 0 spiro atoms. The van der Waals surface area contributed by atoms with Gasteiger partial charge in [0, 0.05) is 0 Å². The average molecular weight is 301 g/mol. The number of rotatable bonds is 3. The maximum atomic E-state index is 5.37. The van der Waals surface area contributed by atoms with E-state index in [1.807, 2.05) is 26.0 Å². The smallest absolute Gasteiger partial charge is 0.235 e. The number of aryl methyl sites for hydroxylation is 2. The lowest BCUT2D eigenvalue weighted by molar-refractivity contribution is 0.391. The highest BCUT2D eigenvalue weighted by Crippen LogP contribution is 2.32. The van der Waals surface area contributed by atoms with Gasteiger partial charge < -0.3 is 8.94 Å². The summed E-state index contributed by atoms with van der Waals surface area (Å²) in [4.78, 5) is 0.707. The summed E-state index contributed by atoms with van der Waals surface area (Å²) < 4.78 is 12.3. The molecule has 4 heterocycles. The van der Waals surface area contributed by atoms with Crippen molar-refractivity contribution in [2.75, 3.05) is 0 Å². The van der Waals surface area contributed by atoms with Crippen LogP contribution in [-0.2, 0) is 6.42 Å². The minimum atomic E-state index is 0.588. The average Bonchev–Trinajstić information content (AvgIpc) is 3.20. The van der Waals surface area contributed by atoms with Crippen molar-refractivity contribution in [3.8, 4) is 22.2 Å². The van der Waals surface area contributed by atoms with Gasteiger partial charge in [0.05, 0.1) is 17.5 Å². The second-order valence-electron chi connectivity index (χ2n) is 4.52. The maximum Gasteiger partial charge on any atom is 0.235 e. The Balaban J connectivity index is 1.90. The minimum Gasteiger partial charge on any atom is -0.461 e. The van der Waals surface area contributed by atoms with E-state index in [0.717, 1.165) is 28.4 Å². The first-order valence-corrected chi connectivity index (χ1v) is 7.31. The molecule has 0 atom stereocenters. The summed E-state index contributed by atoms with van der Waals surface area (Å²) >= 11 is 1.45. The zero-order chi connectivity index (χ0) is 14.4. The largest absolute Gasteiger partial charge is 0.461 e. The Morgan fingerprint density at radius 1 is 1.33 bits per heavy atom. The van der Waals surface area contributed by atoms with Gasteiger partial charge in [0.15, 0.2) is 10.8 Å². The molecule has 21 heavy (non-hydrogen) atoms. The van der Waals surface area contributed by atoms with Gasteiger partial charge in [-0.2, -0.15) is 9.61 Å². The molecular formula is C13H11N5O2S. The van der Waals surface area contributed by atoms with E-state index in [1.54, 1.807) is 10.8 Å². The first-order chi connectivity index (χ1) is 10.3. The van der Waals surface area contributed by atoms with Gasteiger partial charge in [-0.1, -0.05) is 23.4 Å². The van der Waals surface area contributed by atoms with E-state index < -0.39 is 0 Å². The summed E-state index contributed by atoms with van der Waals surface area (Å²) in [5, 5.41) is 17.7. The molecule has 0 unspecified atom stereocenters. The molecule has 4 aromatic heterocycles. The fourth-order valence-corrected chi connectivity index (χ4v) is 3.17. The number of hydrogen-bond acceptors (Lipinski definition) is 7. The summed E-state index contributed by atoms with van der Waals surface area (Å²) in [7, 11) is 0. The normalized spacial score (nSPS) is 11.5. The standard InChI is InChI=1S/C13H11N5O2S/c1-3-8-10(7(2)20-17-8)12-16-18-11(9-5-4-6-19-9)14-15-13(18)21-12/h4-6H,3H2,1-2H3. The van der Waals surface area contributed by atoms with Gasteiger partial charge in [0.2, 0.25) is 10.8 Å². The Kier molecular flexibility index (Phi) is 2.64. The number of hydrogen-bond donors (Lipinski definition) is 0. The summed E-state index contributed by atoms with van der Waals surface area (Å²) in [6.45, 7) is 3.92. The summed E-state index contributed by atoms with van der Waals surface area (Å²) in [5.41, 5.74) is 1.84. The van der Waals surface area contributed by atoms with Crippen LogP contribution in [0.5, 0.6) is 0 Å². The van der Waals surface area contributed by atoms with E-state index in [9.17, 15) is 0 Å². The van der Waals surface area contributed by atoms with E-state index in [4.69, 9.17) is 8.94 Å². The van der Waals surface area contributed by atoms with Crippen molar-refractivity contribution in [2.45, 2.75) is 20.3 Å². The monoisotopic (exact) mass is 301 g/mol. The Morgan fingerprint density at radius 3 is 3.00 bits per heavy atom. The fourth-order valence-electron chi connectivity index (χ4n) is 2.21. The van der Waals surface area contributed by atoms with E-state index >= 15 is 0 Å². The fraction of sp³-hybridized carbons (Fsp3) is 0.231. The van der Waals surface area contributed by atoms with Crippen molar-refractivity contribution >= 4 is 16.3 Å². The van der Waals surface area contributed by atoms with Crippen LogP contribution in [-0.4, -0.2) is 25.0 Å². The second-order valence-corrected chi connectivity index (χ2v) is 5.47. The highest BCUT2D eigenvalue weighted by atomic mass is 32.1. The number of nitrogens with zero attached hydrogens (tertiary/aromatic N) is 5. The molecule has 8 heteroatoms. The Hall–Kier alpha value is -2.48. The molecule has 4 aromatic rings. The van der Waals surface area contributed by atoms with Crippen molar-refractivity contribution in [3.63, 3.8) is 0 Å². The molecule has 0 aliphatic carbocycles. The topological polar surface area (TPSA) is 82.2 Å². The van der Waals surface area contributed by atoms with Crippen LogP contribution in [0, 0.1) is 6.92 Å². The van der Waals surface area contributed by atoms with Crippen LogP contribution in [0.3, 0.4) is 0 Å². The highest BCUT2D eigenvalue weighted by molar-refractivity contribution is 7.19. The van der Waals surface area contributed by atoms with Crippen LogP contribution in [0.4, 0.5) is 0 Å². The van der Waals surface area contributed by atoms with Gasteiger partial charge in [-0.25, -0.2) is 0 Å². The molecule has 0 saturated carbocycles. The molecule has 7 nitrogen and oxygen atoms in total. The first kappa shape index (κ1) is 12.3. The van der Waals surface area contributed by atoms with Gasteiger partial charge in [0.1, 0.15) is 5.76 Å². The lowest BCUT2D eigenvalue weighted by Crippen LogP contribution is -1.91. The molecule has 0 radical (unpaired) electrons.